The van der Waals surface area contributed by atoms with Crippen molar-refractivity contribution < 1.29 is 18.7 Å². The minimum atomic E-state index is -2.05. The highest BCUT2D eigenvalue weighted by atomic mass is 31.1. The van der Waals surface area contributed by atoms with Crippen LogP contribution in [0.1, 0.15) is 30.9 Å². The first-order valence-corrected chi connectivity index (χ1v) is 6.74. The van der Waals surface area contributed by atoms with Gasteiger partial charge < -0.3 is 5.11 Å². The monoisotopic (exact) mass is 257 g/mol. The smallest absolute Gasteiger partial charge is 0.508 e. The lowest BCUT2D eigenvalue weighted by Crippen LogP contribution is -1.90. The molecule has 0 saturated heterocycles. The number of benzene rings is 1. The normalized spacial score (nSPS) is 11.5. The third kappa shape index (κ3) is 5.26. The van der Waals surface area contributed by atoms with E-state index in [9.17, 15) is 9.67 Å². The van der Waals surface area contributed by atoms with E-state index in [-0.39, 0.29) is 12.4 Å². The second-order valence-corrected chi connectivity index (χ2v) is 4.77. The van der Waals surface area contributed by atoms with E-state index in [4.69, 9.17) is 9.05 Å². The molecule has 5 heteroatoms. The Kier molecular flexibility index (Phi) is 6.12. The number of phenolic OH excluding ortho intramolecular Hbond substituents is 1. The van der Waals surface area contributed by atoms with Crippen molar-refractivity contribution >= 4 is 8.25 Å². The topological polar surface area (TPSA) is 55.8 Å². The van der Waals surface area contributed by atoms with E-state index in [0.29, 0.717) is 6.61 Å². The molecule has 1 unspecified atom stereocenters. The van der Waals surface area contributed by atoms with Crippen LogP contribution in [0.5, 0.6) is 5.75 Å². The van der Waals surface area contributed by atoms with E-state index in [2.05, 4.69) is 0 Å². The molecule has 0 aliphatic heterocycles. The fourth-order valence-corrected chi connectivity index (χ4v) is 1.86. The van der Waals surface area contributed by atoms with E-state index in [1.165, 1.54) is 0 Å². The summed E-state index contributed by atoms with van der Waals surface area (Å²) in [7, 11) is -2.05. The van der Waals surface area contributed by atoms with Gasteiger partial charge in [-0.05, 0) is 36.6 Å². The molecule has 0 saturated carbocycles. The van der Waals surface area contributed by atoms with Gasteiger partial charge in [-0.3, -0.25) is 0 Å². The number of rotatable bonds is 7. The van der Waals surface area contributed by atoms with Crippen molar-refractivity contribution in [3.8, 4) is 5.75 Å². The predicted octanol–water partition coefficient (Wildman–Crippen LogP) is 3.69. The molecular formula is C12H18O4P+. The minimum Gasteiger partial charge on any atom is -0.508 e. The molecule has 0 radical (unpaired) electrons. The Hall–Kier alpha value is -0.960. The molecule has 0 aliphatic rings. The number of hydrogen-bond donors (Lipinski definition) is 1. The van der Waals surface area contributed by atoms with Crippen molar-refractivity contribution in [1.29, 1.82) is 0 Å². The minimum absolute atomic E-state index is 0.225. The van der Waals surface area contributed by atoms with Crippen molar-refractivity contribution in [3.05, 3.63) is 29.3 Å². The molecule has 4 nitrogen and oxygen atoms in total. The number of unbranched alkanes of at least 4 members (excludes halogenated alkanes) is 1. The van der Waals surface area contributed by atoms with Gasteiger partial charge in [0.2, 0.25) is 0 Å². The molecule has 17 heavy (non-hydrogen) atoms. The molecule has 0 spiro atoms. The highest BCUT2D eigenvalue weighted by molar-refractivity contribution is 7.33. The molecule has 1 N–H and O–H groups in total. The maximum Gasteiger partial charge on any atom is 0.697 e. The lowest BCUT2D eigenvalue weighted by Gasteiger charge is -2.00. The third-order valence-electron chi connectivity index (χ3n) is 2.29. The lowest BCUT2D eigenvalue weighted by atomic mass is 10.1. The van der Waals surface area contributed by atoms with Crippen LogP contribution in [0.2, 0.25) is 0 Å². The van der Waals surface area contributed by atoms with Crippen LogP contribution in [0.3, 0.4) is 0 Å². The summed E-state index contributed by atoms with van der Waals surface area (Å²) in [5.74, 6) is 0.248. The first-order chi connectivity index (χ1) is 8.13. The van der Waals surface area contributed by atoms with Gasteiger partial charge in [-0.25, -0.2) is 0 Å². The van der Waals surface area contributed by atoms with E-state index in [1.54, 1.807) is 25.1 Å². The highest BCUT2D eigenvalue weighted by Crippen LogP contribution is 2.27. The molecular weight excluding hydrogens is 239 g/mol. The third-order valence-corrected chi connectivity index (χ3v) is 3.03. The highest BCUT2D eigenvalue weighted by Gasteiger charge is 2.19. The first kappa shape index (κ1) is 14.1. The molecule has 94 valence electrons. The van der Waals surface area contributed by atoms with Crippen LogP contribution in [0.4, 0.5) is 0 Å². The summed E-state index contributed by atoms with van der Waals surface area (Å²) >= 11 is 0. The predicted molar refractivity (Wildman–Crippen MR) is 66.1 cm³/mol. The zero-order valence-electron chi connectivity index (χ0n) is 10.2. The van der Waals surface area contributed by atoms with Crippen molar-refractivity contribution in [2.75, 3.05) is 6.61 Å². The zero-order valence-corrected chi connectivity index (χ0v) is 11.1. The molecule has 0 heterocycles. The molecule has 0 aromatic heterocycles. The molecule has 1 atom stereocenters. The van der Waals surface area contributed by atoms with Crippen LogP contribution in [-0.2, 0) is 20.2 Å². The maximum absolute atomic E-state index is 11.3. The standard InChI is InChI=1S/C12H17O4P/c1-3-4-7-15-17(14)16-9-11-5-6-12(13)10(2)8-11/h5-6,8H,3-4,7,9H2,1-2H3/p+1. The van der Waals surface area contributed by atoms with Crippen molar-refractivity contribution in [1.82, 2.24) is 0 Å². The maximum atomic E-state index is 11.3. The lowest BCUT2D eigenvalue weighted by molar-refractivity contribution is 0.217. The van der Waals surface area contributed by atoms with Crippen molar-refractivity contribution in [3.63, 3.8) is 0 Å². The van der Waals surface area contributed by atoms with Gasteiger partial charge >= 0.3 is 8.25 Å². The summed E-state index contributed by atoms with van der Waals surface area (Å²) in [4.78, 5) is 0. The molecule has 1 aromatic rings. The van der Waals surface area contributed by atoms with Gasteiger partial charge in [-0.1, -0.05) is 19.4 Å². The average molecular weight is 257 g/mol. The number of aromatic hydroxyl groups is 1. The largest absolute Gasteiger partial charge is 0.697 e. The summed E-state index contributed by atoms with van der Waals surface area (Å²) in [5, 5.41) is 9.34. The van der Waals surface area contributed by atoms with Crippen LogP contribution >= 0.6 is 8.25 Å². The Morgan fingerprint density at radius 2 is 2.12 bits per heavy atom. The van der Waals surface area contributed by atoms with E-state index >= 15 is 0 Å². The zero-order chi connectivity index (χ0) is 12.7. The van der Waals surface area contributed by atoms with Crippen LogP contribution in [-0.4, -0.2) is 11.7 Å². The number of hydrogen-bond acceptors (Lipinski definition) is 4. The van der Waals surface area contributed by atoms with Gasteiger partial charge in [0.15, 0.2) is 0 Å². The van der Waals surface area contributed by atoms with E-state index in [0.717, 1.165) is 24.0 Å². The van der Waals surface area contributed by atoms with Crippen LogP contribution in [0, 0.1) is 6.92 Å². The van der Waals surface area contributed by atoms with Crippen molar-refractivity contribution in [2.45, 2.75) is 33.3 Å². The molecule has 1 aromatic carbocycles. The van der Waals surface area contributed by atoms with Crippen LogP contribution < -0.4 is 0 Å². The van der Waals surface area contributed by atoms with E-state index in [1.807, 2.05) is 6.92 Å². The molecule has 0 fully saturated rings. The molecule has 0 amide bonds. The Morgan fingerprint density at radius 3 is 2.76 bits per heavy atom. The van der Waals surface area contributed by atoms with Gasteiger partial charge in [0.25, 0.3) is 0 Å². The summed E-state index contributed by atoms with van der Waals surface area (Å²) in [5.41, 5.74) is 1.64. The quantitative estimate of drug-likeness (QED) is 0.597. The summed E-state index contributed by atoms with van der Waals surface area (Å²) in [6.07, 6.45) is 1.88. The SMILES string of the molecule is CCCCO[P+](=O)OCc1ccc(O)c(C)c1. The van der Waals surface area contributed by atoms with Gasteiger partial charge in [0.1, 0.15) is 19.0 Å². The molecule has 0 aliphatic carbocycles. The van der Waals surface area contributed by atoms with Gasteiger partial charge in [0, 0.05) is 4.57 Å². The Balaban J connectivity index is 2.34. The number of phenols is 1. The number of aryl methyl sites for hydroxylation is 1. The Bertz CT molecular complexity index is 379. The Labute approximate surface area is 103 Å². The summed E-state index contributed by atoms with van der Waals surface area (Å²) in [6.45, 7) is 4.52. The van der Waals surface area contributed by atoms with E-state index < -0.39 is 8.25 Å². The van der Waals surface area contributed by atoms with Gasteiger partial charge in [-0.2, -0.15) is 0 Å². The fourth-order valence-electron chi connectivity index (χ4n) is 1.26. The van der Waals surface area contributed by atoms with Crippen molar-refractivity contribution in [2.24, 2.45) is 0 Å². The van der Waals surface area contributed by atoms with Gasteiger partial charge in [-0.15, -0.1) is 9.05 Å². The van der Waals surface area contributed by atoms with Gasteiger partial charge in [0.05, 0.1) is 0 Å². The van der Waals surface area contributed by atoms with Crippen LogP contribution in [0.25, 0.3) is 0 Å². The van der Waals surface area contributed by atoms with Crippen LogP contribution in [0.15, 0.2) is 18.2 Å². The Morgan fingerprint density at radius 1 is 1.35 bits per heavy atom. The second-order valence-electron chi connectivity index (χ2n) is 3.80. The average Bonchev–Trinajstić information content (AvgIpc) is 2.31. The molecule has 1 rings (SSSR count). The molecule has 0 bridgehead atoms. The fraction of sp³-hybridized carbons (Fsp3) is 0.500. The summed E-state index contributed by atoms with van der Waals surface area (Å²) in [6, 6.07) is 5.13. The first-order valence-electron chi connectivity index (χ1n) is 5.65. The summed E-state index contributed by atoms with van der Waals surface area (Å²) < 4.78 is 21.4. The second kappa shape index (κ2) is 7.38.